The van der Waals surface area contributed by atoms with E-state index in [9.17, 15) is 4.79 Å². The van der Waals surface area contributed by atoms with Crippen LogP contribution in [0.2, 0.25) is 0 Å². The molecule has 126 valence electrons. The third-order valence-corrected chi connectivity index (χ3v) is 5.65. The van der Waals surface area contributed by atoms with Crippen LogP contribution in [-0.4, -0.2) is 24.5 Å². The van der Waals surface area contributed by atoms with E-state index in [0.29, 0.717) is 31.0 Å². The first kappa shape index (κ1) is 16.5. The van der Waals surface area contributed by atoms with Crippen LogP contribution in [-0.2, 0) is 10.2 Å². The van der Waals surface area contributed by atoms with E-state index in [1.807, 2.05) is 0 Å². The van der Waals surface area contributed by atoms with Gasteiger partial charge in [0.1, 0.15) is 0 Å². The second kappa shape index (κ2) is 6.64. The van der Waals surface area contributed by atoms with Crippen LogP contribution in [0.5, 0.6) is 0 Å². The molecule has 2 N–H and O–H groups in total. The Morgan fingerprint density at radius 2 is 1.87 bits per heavy atom. The van der Waals surface area contributed by atoms with E-state index in [2.05, 4.69) is 55.7 Å². The second-order valence-electron chi connectivity index (χ2n) is 8.15. The van der Waals surface area contributed by atoms with E-state index in [1.165, 1.54) is 36.8 Å². The summed E-state index contributed by atoms with van der Waals surface area (Å²) in [5, 5.41) is 6.83. The maximum atomic E-state index is 12.4. The number of rotatable bonds is 5. The van der Waals surface area contributed by atoms with Crippen molar-refractivity contribution in [3.05, 3.63) is 35.4 Å². The summed E-state index contributed by atoms with van der Waals surface area (Å²) in [7, 11) is 0. The van der Waals surface area contributed by atoms with Crippen LogP contribution in [0.1, 0.15) is 57.1 Å². The van der Waals surface area contributed by atoms with E-state index >= 15 is 0 Å². The summed E-state index contributed by atoms with van der Waals surface area (Å²) in [6.45, 7) is 7.26. The quantitative estimate of drug-likeness (QED) is 0.875. The highest BCUT2D eigenvalue weighted by molar-refractivity contribution is 5.76. The van der Waals surface area contributed by atoms with Crippen molar-refractivity contribution in [1.29, 1.82) is 0 Å². The van der Waals surface area contributed by atoms with Crippen molar-refractivity contribution >= 4 is 5.91 Å². The molecule has 0 saturated carbocycles. The second-order valence-corrected chi connectivity index (χ2v) is 8.15. The Bertz CT molecular complexity index is 555. The molecule has 1 aromatic carbocycles. The molecule has 3 rings (SSSR count). The number of fused-ring (bicyclic) bond motifs is 2. The van der Waals surface area contributed by atoms with E-state index < -0.39 is 0 Å². The van der Waals surface area contributed by atoms with Gasteiger partial charge in [0.25, 0.3) is 0 Å². The minimum absolute atomic E-state index is 0.0336. The average molecular weight is 314 g/mol. The van der Waals surface area contributed by atoms with Crippen molar-refractivity contribution in [1.82, 2.24) is 10.6 Å². The number of hydrogen-bond acceptors (Lipinski definition) is 2. The van der Waals surface area contributed by atoms with Gasteiger partial charge in [-0.1, -0.05) is 38.1 Å². The lowest BCUT2D eigenvalue weighted by molar-refractivity contribution is -0.122. The summed E-state index contributed by atoms with van der Waals surface area (Å²) in [5.74, 6) is 0.785. The maximum Gasteiger partial charge on any atom is 0.220 e. The molecule has 2 fully saturated rings. The molecule has 2 aliphatic rings. The highest BCUT2D eigenvalue weighted by atomic mass is 16.1. The number of hydrogen-bond donors (Lipinski definition) is 2. The van der Waals surface area contributed by atoms with Gasteiger partial charge in [-0.05, 0) is 49.7 Å². The summed E-state index contributed by atoms with van der Waals surface area (Å²) in [4.78, 5) is 12.4. The molecule has 0 radical (unpaired) electrons. The van der Waals surface area contributed by atoms with Gasteiger partial charge in [0, 0.05) is 30.5 Å². The Labute approximate surface area is 140 Å². The summed E-state index contributed by atoms with van der Waals surface area (Å²) in [6, 6.07) is 9.79. The van der Waals surface area contributed by atoms with Crippen LogP contribution in [0.3, 0.4) is 0 Å². The highest BCUT2D eigenvalue weighted by Crippen LogP contribution is 2.32. The Morgan fingerprint density at radius 3 is 2.52 bits per heavy atom. The summed E-state index contributed by atoms with van der Waals surface area (Å²) >= 11 is 0. The van der Waals surface area contributed by atoms with Crippen LogP contribution in [0.25, 0.3) is 0 Å². The lowest BCUT2D eigenvalue weighted by Gasteiger charge is -2.30. The fourth-order valence-electron chi connectivity index (χ4n) is 4.42. The van der Waals surface area contributed by atoms with Crippen LogP contribution in [0.15, 0.2) is 24.3 Å². The molecule has 2 unspecified atom stereocenters. The number of nitrogens with one attached hydrogen (secondary N) is 2. The summed E-state index contributed by atoms with van der Waals surface area (Å²) < 4.78 is 0. The molecule has 3 heteroatoms. The number of aryl methyl sites for hydroxylation is 1. The molecule has 1 aromatic rings. The van der Waals surface area contributed by atoms with Crippen LogP contribution in [0, 0.1) is 12.8 Å². The topological polar surface area (TPSA) is 41.1 Å². The monoisotopic (exact) mass is 314 g/mol. The van der Waals surface area contributed by atoms with E-state index in [4.69, 9.17) is 0 Å². The zero-order chi connectivity index (χ0) is 16.4. The molecule has 2 saturated heterocycles. The smallest absolute Gasteiger partial charge is 0.220 e. The van der Waals surface area contributed by atoms with Gasteiger partial charge in [-0.25, -0.2) is 0 Å². The normalized spacial score (nSPS) is 27.0. The molecular weight excluding hydrogens is 284 g/mol. The molecule has 2 bridgehead atoms. The van der Waals surface area contributed by atoms with Crippen molar-refractivity contribution in [3.8, 4) is 0 Å². The van der Waals surface area contributed by atoms with Gasteiger partial charge < -0.3 is 10.6 Å². The Kier molecular flexibility index (Phi) is 4.77. The number of piperidine rings is 1. The third kappa shape index (κ3) is 3.95. The third-order valence-electron chi connectivity index (χ3n) is 5.65. The SMILES string of the molecule is Cc1ccccc1C(C)(C)CNC(=O)CC1CC2CCC(C1)N2. The Morgan fingerprint density at radius 1 is 1.22 bits per heavy atom. The van der Waals surface area contributed by atoms with Gasteiger partial charge in [0.2, 0.25) is 5.91 Å². The Hall–Kier alpha value is -1.35. The van der Waals surface area contributed by atoms with Crippen molar-refractivity contribution in [2.75, 3.05) is 6.54 Å². The minimum atomic E-state index is -0.0336. The molecule has 0 spiro atoms. The van der Waals surface area contributed by atoms with E-state index in [1.54, 1.807) is 0 Å². The number of amides is 1. The lowest BCUT2D eigenvalue weighted by Crippen LogP contribution is -2.41. The standard InChI is InChI=1S/C20H30N2O/c1-14-6-4-5-7-18(14)20(2,3)13-21-19(23)12-15-10-16-8-9-17(11-15)22-16/h4-7,15-17,22H,8-13H2,1-3H3,(H,21,23). The first-order chi connectivity index (χ1) is 10.9. The summed E-state index contributed by atoms with van der Waals surface area (Å²) in [5.41, 5.74) is 2.58. The van der Waals surface area contributed by atoms with Crippen LogP contribution < -0.4 is 10.6 Å². The van der Waals surface area contributed by atoms with E-state index in [0.717, 1.165) is 0 Å². The van der Waals surface area contributed by atoms with Gasteiger partial charge >= 0.3 is 0 Å². The van der Waals surface area contributed by atoms with Crippen molar-refractivity contribution < 1.29 is 4.79 Å². The van der Waals surface area contributed by atoms with Gasteiger partial charge in [-0.15, -0.1) is 0 Å². The molecular formula is C20H30N2O. The van der Waals surface area contributed by atoms with Crippen molar-refractivity contribution in [2.24, 2.45) is 5.92 Å². The van der Waals surface area contributed by atoms with E-state index in [-0.39, 0.29) is 11.3 Å². The molecule has 2 atom stereocenters. The number of benzene rings is 1. The zero-order valence-electron chi connectivity index (χ0n) is 14.7. The largest absolute Gasteiger partial charge is 0.355 e. The number of carbonyl (C=O) groups is 1. The van der Waals surface area contributed by atoms with Gasteiger partial charge in [0.05, 0.1) is 0 Å². The summed E-state index contributed by atoms with van der Waals surface area (Å²) in [6.07, 6.45) is 5.63. The first-order valence-electron chi connectivity index (χ1n) is 9.03. The number of carbonyl (C=O) groups excluding carboxylic acids is 1. The molecule has 0 aromatic heterocycles. The predicted octanol–water partition coefficient (Wildman–Crippen LogP) is 3.31. The highest BCUT2D eigenvalue weighted by Gasteiger charge is 2.34. The zero-order valence-corrected chi connectivity index (χ0v) is 14.7. The van der Waals surface area contributed by atoms with Gasteiger partial charge in [-0.3, -0.25) is 4.79 Å². The van der Waals surface area contributed by atoms with Gasteiger partial charge in [0.15, 0.2) is 0 Å². The maximum absolute atomic E-state index is 12.4. The fraction of sp³-hybridized carbons (Fsp3) is 0.650. The average Bonchev–Trinajstić information content (AvgIpc) is 2.84. The predicted molar refractivity (Wildman–Crippen MR) is 94.5 cm³/mol. The van der Waals surface area contributed by atoms with Crippen LogP contribution in [0.4, 0.5) is 0 Å². The van der Waals surface area contributed by atoms with Gasteiger partial charge in [-0.2, -0.15) is 0 Å². The fourth-order valence-corrected chi connectivity index (χ4v) is 4.42. The molecule has 23 heavy (non-hydrogen) atoms. The molecule has 1 amide bonds. The van der Waals surface area contributed by atoms with Crippen LogP contribution >= 0.6 is 0 Å². The molecule has 3 nitrogen and oxygen atoms in total. The molecule has 0 aliphatic carbocycles. The van der Waals surface area contributed by atoms with Crippen molar-refractivity contribution in [2.45, 2.75) is 70.4 Å². The van der Waals surface area contributed by atoms with Crippen molar-refractivity contribution in [3.63, 3.8) is 0 Å². The molecule has 2 heterocycles. The lowest BCUT2D eigenvalue weighted by atomic mass is 9.82. The Balaban J connectivity index is 1.51. The minimum Gasteiger partial charge on any atom is -0.355 e. The first-order valence-corrected chi connectivity index (χ1v) is 9.03. The molecule has 2 aliphatic heterocycles.